The van der Waals surface area contributed by atoms with Gasteiger partial charge < -0.3 is 0 Å². The van der Waals surface area contributed by atoms with E-state index in [0.29, 0.717) is 11.3 Å². The minimum Gasteiger partial charge on any atom is -0.290 e. The molecule has 0 spiro atoms. The molecule has 0 bridgehead atoms. The minimum absolute atomic E-state index is 0.130. The molecule has 0 aliphatic heterocycles. The third kappa shape index (κ3) is 1.60. The maximum Gasteiger partial charge on any atom is 0.267 e. The number of fused-ring (bicyclic) bond motifs is 1. The van der Waals surface area contributed by atoms with Gasteiger partial charge in [0.05, 0.1) is 11.1 Å². The Bertz CT molecular complexity index is 613. The Kier molecular flexibility index (Phi) is 2.69. The van der Waals surface area contributed by atoms with Gasteiger partial charge in [-0.05, 0) is 13.0 Å². The fourth-order valence-electron chi connectivity index (χ4n) is 2.13. The number of nitrogen functional groups attached to an aromatic ring is 1. The second-order valence-electron chi connectivity index (χ2n) is 3.81. The first-order valence-corrected chi connectivity index (χ1v) is 5.20. The Morgan fingerprint density at radius 3 is 2.53 bits per heavy atom. The van der Waals surface area contributed by atoms with Crippen molar-refractivity contribution < 1.29 is 9.59 Å². The summed E-state index contributed by atoms with van der Waals surface area (Å²) >= 11 is 0. The summed E-state index contributed by atoms with van der Waals surface area (Å²) in [5, 5.41) is 0.725. The van der Waals surface area contributed by atoms with E-state index in [0.717, 1.165) is 10.9 Å². The van der Waals surface area contributed by atoms with Crippen molar-refractivity contribution in [3.63, 3.8) is 0 Å². The lowest BCUT2D eigenvalue weighted by Crippen LogP contribution is -2.30. The van der Waals surface area contributed by atoms with Crippen LogP contribution in [0.1, 0.15) is 27.8 Å². The lowest BCUT2D eigenvalue weighted by molar-refractivity contribution is 0.0939. The third-order valence-corrected chi connectivity index (χ3v) is 2.78. The van der Waals surface area contributed by atoms with Crippen LogP contribution >= 0.6 is 0 Å². The third-order valence-electron chi connectivity index (χ3n) is 2.78. The smallest absolute Gasteiger partial charge is 0.267 e. The average Bonchev–Trinajstić information content (AvgIpc) is 2.60. The molecule has 2 aromatic rings. The van der Waals surface area contributed by atoms with Crippen LogP contribution in [0.2, 0.25) is 0 Å². The molecule has 0 unspecified atom stereocenters. The van der Waals surface area contributed by atoms with E-state index >= 15 is 0 Å². The molecule has 17 heavy (non-hydrogen) atoms. The number of nitrogens with one attached hydrogen (secondary N) is 1. The summed E-state index contributed by atoms with van der Waals surface area (Å²) in [6.07, 6.45) is 0. The van der Waals surface area contributed by atoms with Gasteiger partial charge in [-0.3, -0.25) is 19.6 Å². The van der Waals surface area contributed by atoms with E-state index in [1.165, 1.54) is 11.5 Å². The summed E-state index contributed by atoms with van der Waals surface area (Å²) in [6, 6.07) is 7.24. The van der Waals surface area contributed by atoms with Crippen molar-refractivity contribution in [2.75, 3.05) is 0 Å². The lowest BCUT2D eigenvalue weighted by Gasteiger charge is -2.02. The summed E-state index contributed by atoms with van der Waals surface area (Å²) < 4.78 is 1.51. The SMILES string of the molecule is CC(=O)n1c(C)c(C(=O)NN)c2ccccc21. The van der Waals surface area contributed by atoms with Crippen LogP contribution in [-0.2, 0) is 0 Å². The molecule has 0 fully saturated rings. The number of benzene rings is 1. The van der Waals surface area contributed by atoms with E-state index in [1.807, 2.05) is 12.1 Å². The van der Waals surface area contributed by atoms with E-state index in [4.69, 9.17) is 5.84 Å². The summed E-state index contributed by atoms with van der Waals surface area (Å²) in [7, 11) is 0. The van der Waals surface area contributed by atoms with Crippen molar-refractivity contribution in [3.05, 3.63) is 35.5 Å². The van der Waals surface area contributed by atoms with Crippen molar-refractivity contribution in [1.82, 2.24) is 9.99 Å². The van der Waals surface area contributed by atoms with Gasteiger partial charge in [0.1, 0.15) is 0 Å². The van der Waals surface area contributed by atoms with Gasteiger partial charge in [-0.15, -0.1) is 0 Å². The van der Waals surface area contributed by atoms with Crippen LogP contribution in [-0.4, -0.2) is 16.4 Å². The van der Waals surface area contributed by atoms with Crippen molar-refractivity contribution >= 4 is 22.7 Å². The molecule has 0 atom stereocenters. The monoisotopic (exact) mass is 231 g/mol. The molecular weight excluding hydrogens is 218 g/mol. The summed E-state index contributed by atoms with van der Waals surface area (Å²) in [5.74, 6) is 4.64. The maximum atomic E-state index is 11.7. The van der Waals surface area contributed by atoms with E-state index < -0.39 is 5.91 Å². The molecule has 1 aromatic carbocycles. The number of hydrogen-bond acceptors (Lipinski definition) is 3. The lowest BCUT2D eigenvalue weighted by atomic mass is 10.1. The molecule has 5 heteroatoms. The molecule has 0 radical (unpaired) electrons. The van der Waals surface area contributed by atoms with E-state index in [2.05, 4.69) is 5.43 Å². The Hall–Kier alpha value is -2.14. The topological polar surface area (TPSA) is 77.1 Å². The molecule has 1 amide bonds. The fourth-order valence-corrected chi connectivity index (χ4v) is 2.13. The largest absolute Gasteiger partial charge is 0.290 e. The predicted molar refractivity (Wildman–Crippen MR) is 64.6 cm³/mol. The Balaban J connectivity index is 2.89. The van der Waals surface area contributed by atoms with Gasteiger partial charge in [0.2, 0.25) is 5.91 Å². The Morgan fingerprint density at radius 1 is 1.29 bits per heavy atom. The van der Waals surface area contributed by atoms with E-state index in [9.17, 15) is 9.59 Å². The first-order valence-electron chi connectivity index (χ1n) is 5.20. The first kappa shape index (κ1) is 11.3. The number of rotatable bonds is 1. The number of hydrogen-bond donors (Lipinski definition) is 2. The number of amides is 1. The van der Waals surface area contributed by atoms with Crippen LogP contribution in [0.4, 0.5) is 0 Å². The highest BCUT2D eigenvalue weighted by molar-refractivity contribution is 6.10. The molecule has 0 saturated heterocycles. The van der Waals surface area contributed by atoms with Gasteiger partial charge >= 0.3 is 0 Å². The Labute approximate surface area is 98.2 Å². The maximum absolute atomic E-state index is 11.7. The fraction of sp³-hybridized carbons (Fsp3) is 0.167. The van der Waals surface area contributed by atoms with Gasteiger partial charge in [-0.2, -0.15) is 0 Å². The highest BCUT2D eigenvalue weighted by Gasteiger charge is 2.20. The summed E-state index contributed by atoms with van der Waals surface area (Å²) in [5.41, 5.74) is 3.86. The second-order valence-corrected chi connectivity index (χ2v) is 3.81. The summed E-state index contributed by atoms with van der Waals surface area (Å²) in [4.78, 5) is 23.3. The molecule has 1 aromatic heterocycles. The zero-order chi connectivity index (χ0) is 12.6. The van der Waals surface area contributed by atoms with E-state index in [1.54, 1.807) is 19.1 Å². The van der Waals surface area contributed by atoms with Crippen LogP contribution in [0.15, 0.2) is 24.3 Å². The number of nitrogens with two attached hydrogens (primary N) is 1. The van der Waals surface area contributed by atoms with E-state index in [-0.39, 0.29) is 5.91 Å². The van der Waals surface area contributed by atoms with Crippen molar-refractivity contribution in [2.24, 2.45) is 5.84 Å². The Morgan fingerprint density at radius 2 is 1.94 bits per heavy atom. The zero-order valence-electron chi connectivity index (χ0n) is 9.65. The number of carbonyl (C=O) groups excluding carboxylic acids is 2. The van der Waals surface area contributed by atoms with Crippen molar-refractivity contribution in [3.8, 4) is 0 Å². The minimum atomic E-state index is -0.390. The normalized spacial score (nSPS) is 10.5. The summed E-state index contributed by atoms with van der Waals surface area (Å²) in [6.45, 7) is 3.19. The van der Waals surface area contributed by atoms with Crippen LogP contribution in [0.5, 0.6) is 0 Å². The molecule has 0 aliphatic rings. The molecule has 0 aliphatic carbocycles. The van der Waals surface area contributed by atoms with Crippen LogP contribution in [0.3, 0.4) is 0 Å². The predicted octanol–water partition coefficient (Wildman–Crippen LogP) is 1.21. The molecule has 3 N–H and O–H groups in total. The standard InChI is InChI=1S/C12H13N3O2/c1-7-11(12(17)14-13)9-5-3-4-6-10(9)15(7)8(2)16/h3-6H,13H2,1-2H3,(H,14,17). The highest BCUT2D eigenvalue weighted by Crippen LogP contribution is 2.25. The zero-order valence-corrected chi connectivity index (χ0v) is 9.65. The average molecular weight is 231 g/mol. The van der Waals surface area contributed by atoms with Gasteiger partial charge in [-0.1, -0.05) is 18.2 Å². The van der Waals surface area contributed by atoms with Crippen molar-refractivity contribution in [2.45, 2.75) is 13.8 Å². The highest BCUT2D eigenvalue weighted by atomic mass is 16.2. The molecule has 88 valence electrons. The van der Waals surface area contributed by atoms with Crippen LogP contribution < -0.4 is 11.3 Å². The molecular formula is C12H13N3O2. The van der Waals surface area contributed by atoms with Crippen LogP contribution in [0.25, 0.3) is 10.9 Å². The number of hydrazine groups is 1. The molecule has 2 rings (SSSR count). The van der Waals surface area contributed by atoms with Crippen molar-refractivity contribution in [1.29, 1.82) is 0 Å². The number of para-hydroxylation sites is 1. The quantitative estimate of drug-likeness (QED) is 0.440. The molecule has 1 heterocycles. The number of aromatic nitrogens is 1. The molecule has 5 nitrogen and oxygen atoms in total. The van der Waals surface area contributed by atoms with Gasteiger partial charge in [-0.25, -0.2) is 5.84 Å². The first-order chi connectivity index (χ1) is 8.07. The van der Waals surface area contributed by atoms with Gasteiger partial charge in [0, 0.05) is 18.0 Å². The molecule has 0 saturated carbocycles. The van der Waals surface area contributed by atoms with Gasteiger partial charge in [0.15, 0.2) is 0 Å². The number of nitrogens with zero attached hydrogens (tertiary/aromatic N) is 1. The van der Waals surface area contributed by atoms with Gasteiger partial charge in [0.25, 0.3) is 5.91 Å². The van der Waals surface area contributed by atoms with Crippen LogP contribution in [0, 0.1) is 6.92 Å². The second kappa shape index (κ2) is 4.03. The number of carbonyl (C=O) groups is 2.